The second-order valence-electron chi connectivity index (χ2n) is 6.66. The van der Waals surface area contributed by atoms with Crippen molar-refractivity contribution in [3.8, 4) is 0 Å². The Morgan fingerprint density at radius 1 is 1.14 bits per heavy atom. The lowest BCUT2D eigenvalue weighted by Crippen LogP contribution is -2.53. The van der Waals surface area contributed by atoms with Gasteiger partial charge in [0.15, 0.2) is 0 Å². The summed E-state index contributed by atoms with van der Waals surface area (Å²) < 4.78 is 13.7. The van der Waals surface area contributed by atoms with Crippen molar-refractivity contribution in [2.45, 2.75) is 32.9 Å². The molecule has 1 aromatic carbocycles. The van der Waals surface area contributed by atoms with Crippen LogP contribution in [0.25, 0.3) is 0 Å². The molecule has 21 heavy (non-hydrogen) atoms. The van der Waals surface area contributed by atoms with Crippen LogP contribution < -0.4 is 5.46 Å². The largest absolute Gasteiger partial charge is 0.491 e. The average molecular weight is 294 g/mol. The average Bonchev–Trinajstić information content (AvgIpc) is 2.38. The van der Waals surface area contributed by atoms with Gasteiger partial charge in [0.1, 0.15) is 5.82 Å². The van der Waals surface area contributed by atoms with Gasteiger partial charge in [0, 0.05) is 43.7 Å². The predicted molar refractivity (Wildman–Crippen MR) is 82.8 cm³/mol. The number of halogens is 1. The fourth-order valence-corrected chi connectivity index (χ4v) is 2.71. The maximum absolute atomic E-state index is 13.7. The van der Waals surface area contributed by atoms with Crippen LogP contribution in [0.15, 0.2) is 18.2 Å². The molecule has 0 spiro atoms. The standard InChI is InChI=1S/C15H24BFN2O2/c1-15(2,3)19-8-6-18(7-9-19)11-12-4-5-13(16(20)21)14(17)10-12/h4-5,10,20-21H,6-9,11H2,1-3H3. The van der Waals surface area contributed by atoms with E-state index in [-0.39, 0.29) is 11.0 Å². The van der Waals surface area contributed by atoms with Crippen molar-refractivity contribution in [2.75, 3.05) is 26.2 Å². The zero-order valence-electron chi connectivity index (χ0n) is 13.0. The minimum Gasteiger partial charge on any atom is -0.423 e. The lowest BCUT2D eigenvalue weighted by Gasteiger charge is -2.42. The lowest BCUT2D eigenvalue weighted by atomic mass is 9.79. The van der Waals surface area contributed by atoms with Gasteiger partial charge in [-0.2, -0.15) is 0 Å². The number of hydrogen-bond donors (Lipinski definition) is 2. The van der Waals surface area contributed by atoms with E-state index < -0.39 is 12.9 Å². The molecule has 0 saturated carbocycles. The Balaban J connectivity index is 1.93. The quantitative estimate of drug-likeness (QED) is 0.793. The molecule has 0 bridgehead atoms. The van der Waals surface area contributed by atoms with E-state index in [2.05, 4.69) is 30.6 Å². The Morgan fingerprint density at radius 3 is 2.24 bits per heavy atom. The number of hydrogen-bond acceptors (Lipinski definition) is 4. The first kappa shape index (κ1) is 16.4. The summed E-state index contributed by atoms with van der Waals surface area (Å²) in [7, 11) is -1.76. The summed E-state index contributed by atoms with van der Waals surface area (Å²) in [5.74, 6) is -0.559. The van der Waals surface area contributed by atoms with E-state index in [1.54, 1.807) is 6.07 Å². The molecular weight excluding hydrogens is 270 g/mol. The Hall–Kier alpha value is -0.945. The number of benzene rings is 1. The molecule has 1 heterocycles. The van der Waals surface area contributed by atoms with Crippen LogP contribution in [0.3, 0.4) is 0 Å². The molecule has 0 atom stereocenters. The first-order valence-corrected chi connectivity index (χ1v) is 7.39. The molecule has 0 aromatic heterocycles. The maximum atomic E-state index is 13.7. The third-order valence-electron chi connectivity index (χ3n) is 4.07. The van der Waals surface area contributed by atoms with Crippen LogP contribution >= 0.6 is 0 Å². The van der Waals surface area contributed by atoms with Crippen LogP contribution in [0.5, 0.6) is 0 Å². The normalized spacial score (nSPS) is 18.0. The van der Waals surface area contributed by atoms with E-state index in [1.807, 2.05) is 0 Å². The maximum Gasteiger partial charge on any atom is 0.491 e. The summed E-state index contributed by atoms with van der Waals surface area (Å²) in [6.07, 6.45) is 0. The van der Waals surface area contributed by atoms with E-state index >= 15 is 0 Å². The Labute approximate surface area is 126 Å². The second kappa shape index (κ2) is 6.44. The molecule has 4 nitrogen and oxygen atoms in total. The fourth-order valence-electron chi connectivity index (χ4n) is 2.71. The van der Waals surface area contributed by atoms with E-state index in [4.69, 9.17) is 10.0 Å². The van der Waals surface area contributed by atoms with E-state index in [1.165, 1.54) is 12.1 Å². The highest BCUT2D eigenvalue weighted by molar-refractivity contribution is 6.58. The van der Waals surface area contributed by atoms with E-state index in [9.17, 15) is 4.39 Å². The van der Waals surface area contributed by atoms with Crippen LogP contribution in [0.4, 0.5) is 4.39 Å². The molecule has 1 aliphatic heterocycles. The van der Waals surface area contributed by atoms with Crippen LogP contribution in [0.1, 0.15) is 26.3 Å². The first-order chi connectivity index (χ1) is 9.77. The Kier molecular flexibility index (Phi) is 5.04. The smallest absolute Gasteiger partial charge is 0.423 e. The zero-order valence-corrected chi connectivity index (χ0v) is 13.0. The monoisotopic (exact) mass is 294 g/mol. The number of rotatable bonds is 3. The Bertz CT molecular complexity index is 483. The van der Waals surface area contributed by atoms with Crippen molar-refractivity contribution in [1.29, 1.82) is 0 Å². The van der Waals surface area contributed by atoms with Gasteiger partial charge in [-0.25, -0.2) is 4.39 Å². The molecule has 0 unspecified atom stereocenters. The third-order valence-corrected chi connectivity index (χ3v) is 4.07. The zero-order chi connectivity index (χ0) is 15.6. The van der Waals surface area contributed by atoms with Gasteiger partial charge in [0.2, 0.25) is 0 Å². The SMILES string of the molecule is CC(C)(C)N1CCN(Cc2ccc(B(O)O)c(F)c2)CC1. The van der Waals surface area contributed by atoms with Gasteiger partial charge in [0.05, 0.1) is 0 Å². The van der Waals surface area contributed by atoms with E-state index in [0.29, 0.717) is 6.54 Å². The molecule has 0 amide bonds. The van der Waals surface area contributed by atoms with Gasteiger partial charge >= 0.3 is 7.12 Å². The summed E-state index contributed by atoms with van der Waals surface area (Å²) in [5, 5.41) is 18.0. The van der Waals surface area contributed by atoms with Crippen molar-refractivity contribution in [2.24, 2.45) is 0 Å². The fraction of sp³-hybridized carbons (Fsp3) is 0.600. The molecule has 1 aromatic rings. The summed E-state index contributed by atoms with van der Waals surface area (Å²) in [6, 6.07) is 4.60. The third kappa shape index (κ3) is 4.26. The number of piperazine rings is 1. The lowest BCUT2D eigenvalue weighted by molar-refractivity contribution is 0.0591. The molecule has 0 radical (unpaired) electrons. The van der Waals surface area contributed by atoms with Crippen molar-refractivity contribution in [1.82, 2.24) is 9.80 Å². The predicted octanol–water partition coefficient (Wildman–Crippen LogP) is 0.422. The van der Waals surface area contributed by atoms with Crippen molar-refractivity contribution in [3.63, 3.8) is 0 Å². The molecule has 6 heteroatoms. The van der Waals surface area contributed by atoms with Gasteiger partial charge in [-0.3, -0.25) is 9.80 Å². The van der Waals surface area contributed by atoms with Crippen molar-refractivity contribution >= 4 is 12.6 Å². The molecule has 1 aliphatic rings. The molecule has 1 saturated heterocycles. The van der Waals surface area contributed by atoms with Crippen LogP contribution in [-0.2, 0) is 6.54 Å². The molecule has 2 rings (SSSR count). The molecule has 116 valence electrons. The minimum atomic E-state index is -1.76. The van der Waals surface area contributed by atoms with E-state index in [0.717, 1.165) is 31.7 Å². The summed E-state index contributed by atoms with van der Waals surface area (Å²) in [4.78, 5) is 4.75. The highest BCUT2D eigenvalue weighted by Crippen LogP contribution is 2.17. The first-order valence-electron chi connectivity index (χ1n) is 7.39. The number of nitrogens with zero attached hydrogens (tertiary/aromatic N) is 2. The minimum absolute atomic E-state index is 0.0729. The highest BCUT2D eigenvalue weighted by Gasteiger charge is 2.26. The molecule has 1 fully saturated rings. The van der Waals surface area contributed by atoms with Gasteiger partial charge < -0.3 is 10.0 Å². The summed E-state index contributed by atoms with van der Waals surface area (Å²) in [6.45, 7) is 11.3. The topological polar surface area (TPSA) is 46.9 Å². The molecule has 2 N–H and O–H groups in total. The van der Waals surface area contributed by atoms with Crippen molar-refractivity contribution in [3.05, 3.63) is 29.6 Å². The van der Waals surface area contributed by atoms with Crippen LogP contribution in [0, 0.1) is 5.82 Å². The van der Waals surface area contributed by atoms with Gasteiger partial charge in [-0.1, -0.05) is 12.1 Å². The second-order valence-corrected chi connectivity index (χ2v) is 6.66. The van der Waals surface area contributed by atoms with Gasteiger partial charge in [-0.05, 0) is 32.4 Å². The highest BCUT2D eigenvalue weighted by atomic mass is 19.1. The summed E-state index contributed by atoms with van der Waals surface area (Å²) in [5.41, 5.74) is 0.981. The Morgan fingerprint density at radius 2 is 1.76 bits per heavy atom. The van der Waals surface area contributed by atoms with Gasteiger partial charge in [0.25, 0.3) is 0 Å². The summed E-state index contributed by atoms with van der Waals surface area (Å²) >= 11 is 0. The van der Waals surface area contributed by atoms with Crippen LogP contribution in [0.2, 0.25) is 0 Å². The molecular formula is C15H24BFN2O2. The van der Waals surface area contributed by atoms with Crippen LogP contribution in [-0.4, -0.2) is 58.7 Å². The van der Waals surface area contributed by atoms with Gasteiger partial charge in [-0.15, -0.1) is 0 Å². The van der Waals surface area contributed by atoms with Crippen molar-refractivity contribution < 1.29 is 14.4 Å². The molecule has 0 aliphatic carbocycles.